The fraction of sp³-hybridized carbons (Fsp3) is 0.455. The zero-order valence-corrected chi connectivity index (χ0v) is 16.9. The Bertz CT molecular complexity index is 802. The Labute approximate surface area is 165 Å². The molecule has 6 heteroatoms. The lowest BCUT2D eigenvalue weighted by Crippen LogP contribution is -2.44. The van der Waals surface area contributed by atoms with E-state index in [2.05, 4.69) is 4.98 Å². The number of benzene rings is 1. The van der Waals surface area contributed by atoms with E-state index in [0.717, 1.165) is 16.7 Å². The van der Waals surface area contributed by atoms with Gasteiger partial charge in [-0.15, -0.1) is 0 Å². The SMILES string of the molecule is Cc1cc(-c2ccncc2)cc(F)c1OC1CCN(C(=O)OC(C)(C)C)CC1. The van der Waals surface area contributed by atoms with E-state index in [-0.39, 0.29) is 23.8 Å². The highest BCUT2D eigenvalue weighted by atomic mass is 19.1. The molecule has 2 heterocycles. The van der Waals surface area contributed by atoms with Gasteiger partial charge < -0.3 is 14.4 Å². The number of hydrogen-bond acceptors (Lipinski definition) is 4. The lowest BCUT2D eigenvalue weighted by atomic mass is 10.0. The number of aromatic nitrogens is 1. The summed E-state index contributed by atoms with van der Waals surface area (Å²) in [6.07, 6.45) is 4.22. The van der Waals surface area contributed by atoms with E-state index < -0.39 is 5.60 Å². The summed E-state index contributed by atoms with van der Waals surface area (Å²) < 4.78 is 26.1. The first-order valence-electron chi connectivity index (χ1n) is 9.58. The molecular formula is C22H27FN2O3. The number of carbonyl (C=O) groups excluding carboxylic acids is 1. The average Bonchev–Trinajstić information content (AvgIpc) is 2.64. The van der Waals surface area contributed by atoms with Crippen molar-refractivity contribution in [3.8, 4) is 16.9 Å². The lowest BCUT2D eigenvalue weighted by Gasteiger charge is -2.33. The van der Waals surface area contributed by atoms with Crippen LogP contribution in [-0.4, -0.2) is 40.8 Å². The van der Waals surface area contributed by atoms with Gasteiger partial charge in [-0.25, -0.2) is 9.18 Å². The van der Waals surface area contributed by atoms with E-state index >= 15 is 0 Å². The second kappa shape index (κ2) is 8.17. The van der Waals surface area contributed by atoms with Gasteiger partial charge in [0.15, 0.2) is 11.6 Å². The van der Waals surface area contributed by atoms with Crippen LogP contribution >= 0.6 is 0 Å². The maximum absolute atomic E-state index is 14.7. The number of amides is 1. The highest BCUT2D eigenvalue weighted by molar-refractivity contribution is 5.68. The Hall–Kier alpha value is -2.63. The van der Waals surface area contributed by atoms with Crippen molar-refractivity contribution in [2.75, 3.05) is 13.1 Å². The van der Waals surface area contributed by atoms with Crippen molar-refractivity contribution in [3.05, 3.63) is 48.0 Å². The minimum Gasteiger partial charge on any atom is -0.487 e. The maximum Gasteiger partial charge on any atom is 0.410 e. The van der Waals surface area contributed by atoms with Gasteiger partial charge in [-0.2, -0.15) is 0 Å². The third-order valence-electron chi connectivity index (χ3n) is 4.62. The molecule has 150 valence electrons. The standard InChI is InChI=1S/C22H27FN2O3/c1-15-13-17(16-5-9-24-10-6-16)14-19(23)20(15)27-18-7-11-25(12-8-18)21(26)28-22(2,3)4/h5-6,9-10,13-14,18H,7-8,11-12H2,1-4H3. The molecule has 5 nitrogen and oxygen atoms in total. The van der Waals surface area contributed by atoms with Crippen LogP contribution in [0.25, 0.3) is 11.1 Å². The summed E-state index contributed by atoms with van der Waals surface area (Å²) in [5.74, 6) is -0.0880. The van der Waals surface area contributed by atoms with E-state index in [1.54, 1.807) is 17.3 Å². The van der Waals surface area contributed by atoms with Crippen LogP contribution in [0.1, 0.15) is 39.2 Å². The van der Waals surface area contributed by atoms with Crippen molar-refractivity contribution < 1.29 is 18.7 Å². The smallest absolute Gasteiger partial charge is 0.410 e. The van der Waals surface area contributed by atoms with Gasteiger partial charge in [0.2, 0.25) is 0 Å². The molecule has 1 amide bonds. The molecular weight excluding hydrogens is 359 g/mol. The Kier molecular flexibility index (Phi) is 5.87. The van der Waals surface area contributed by atoms with Crippen LogP contribution in [0.3, 0.4) is 0 Å². The van der Waals surface area contributed by atoms with Crippen molar-refractivity contribution in [2.45, 2.75) is 52.2 Å². The summed E-state index contributed by atoms with van der Waals surface area (Å²) in [6.45, 7) is 8.47. The number of ether oxygens (including phenoxy) is 2. The number of likely N-dealkylation sites (tertiary alicyclic amines) is 1. The highest BCUT2D eigenvalue weighted by Crippen LogP contribution is 2.31. The molecule has 0 N–H and O–H groups in total. The van der Waals surface area contributed by atoms with Crippen molar-refractivity contribution in [2.24, 2.45) is 0 Å². The average molecular weight is 386 g/mol. The molecule has 0 radical (unpaired) electrons. The van der Waals surface area contributed by atoms with Gasteiger partial charge in [-0.05, 0) is 68.7 Å². The molecule has 0 bridgehead atoms. The minimum atomic E-state index is -0.513. The number of hydrogen-bond donors (Lipinski definition) is 0. The van der Waals surface area contributed by atoms with Crippen molar-refractivity contribution in [1.29, 1.82) is 0 Å². The Balaban J connectivity index is 1.63. The largest absolute Gasteiger partial charge is 0.487 e. The van der Waals surface area contributed by atoms with Crippen LogP contribution in [0, 0.1) is 12.7 Å². The molecule has 1 fully saturated rings. The van der Waals surface area contributed by atoms with Gasteiger partial charge in [-0.3, -0.25) is 4.98 Å². The summed E-state index contributed by atoms with van der Waals surface area (Å²) in [5.41, 5.74) is 1.95. The number of rotatable bonds is 3. The first-order valence-corrected chi connectivity index (χ1v) is 9.58. The summed E-state index contributed by atoms with van der Waals surface area (Å²) in [7, 11) is 0. The van der Waals surface area contributed by atoms with E-state index in [9.17, 15) is 9.18 Å². The fourth-order valence-corrected chi connectivity index (χ4v) is 3.24. The van der Waals surface area contributed by atoms with Gasteiger partial charge in [0.1, 0.15) is 11.7 Å². The summed E-state index contributed by atoms with van der Waals surface area (Å²) in [4.78, 5) is 17.8. The van der Waals surface area contributed by atoms with E-state index in [1.165, 1.54) is 6.07 Å². The highest BCUT2D eigenvalue weighted by Gasteiger charge is 2.28. The molecule has 0 saturated carbocycles. The zero-order valence-electron chi connectivity index (χ0n) is 16.9. The molecule has 1 aromatic heterocycles. The second-order valence-corrected chi connectivity index (χ2v) is 8.12. The molecule has 0 spiro atoms. The van der Waals surface area contributed by atoms with Crippen LogP contribution in [-0.2, 0) is 4.74 Å². The molecule has 1 aliphatic rings. The molecule has 3 rings (SSSR count). The molecule has 2 aromatic rings. The first kappa shape index (κ1) is 20.1. The molecule has 1 aliphatic heterocycles. The zero-order chi connectivity index (χ0) is 20.3. The third kappa shape index (κ3) is 5.00. The third-order valence-corrected chi connectivity index (χ3v) is 4.62. The normalized spacial score (nSPS) is 15.4. The number of carbonyl (C=O) groups is 1. The fourth-order valence-electron chi connectivity index (χ4n) is 3.24. The summed E-state index contributed by atoms with van der Waals surface area (Å²) >= 11 is 0. The molecule has 1 saturated heterocycles. The monoisotopic (exact) mass is 386 g/mol. The summed E-state index contributed by atoms with van der Waals surface area (Å²) in [6, 6.07) is 7.11. The first-order chi connectivity index (χ1) is 13.2. The molecule has 0 aliphatic carbocycles. The Morgan fingerprint density at radius 2 is 1.79 bits per heavy atom. The van der Waals surface area contributed by atoms with Crippen molar-refractivity contribution in [1.82, 2.24) is 9.88 Å². The van der Waals surface area contributed by atoms with Crippen LogP contribution in [0.5, 0.6) is 5.75 Å². The molecule has 0 atom stereocenters. The Morgan fingerprint density at radius 1 is 1.14 bits per heavy atom. The second-order valence-electron chi connectivity index (χ2n) is 8.12. The molecule has 28 heavy (non-hydrogen) atoms. The molecule has 1 aromatic carbocycles. The minimum absolute atomic E-state index is 0.126. The van der Waals surface area contributed by atoms with Gasteiger partial charge in [-0.1, -0.05) is 0 Å². The quantitative estimate of drug-likeness (QED) is 0.747. The van der Waals surface area contributed by atoms with Gasteiger partial charge in [0.05, 0.1) is 0 Å². The van der Waals surface area contributed by atoms with Gasteiger partial charge >= 0.3 is 6.09 Å². The molecule has 0 unspecified atom stereocenters. The van der Waals surface area contributed by atoms with Crippen LogP contribution in [0.4, 0.5) is 9.18 Å². The number of halogens is 1. The van der Waals surface area contributed by atoms with Crippen molar-refractivity contribution in [3.63, 3.8) is 0 Å². The van der Waals surface area contributed by atoms with E-state index in [4.69, 9.17) is 9.47 Å². The number of pyridine rings is 1. The number of nitrogens with zero attached hydrogens (tertiary/aromatic N) is 2. The van der Waals surface area contributed by atoms with Crippen LogP contribution in [0.2, 0.25) is 0 Å². The van der Waals surface area contributed by atoms with Crippen LogP contribution < -0.4 is 4.74 Å². The topological polar surface area (TPSA) is 51.7 Å². The number of aryl methyl sites for hydroxylation is 1. The van der Waals surface area contributed by atoms with Crippen LogP contribution in [0.15, 0.2) is 36.7 Å². The summed E-state index contributed by atoms with van der Waals surface area (Å²) in [5, 5.41) is 0. The van der Waals surface area contributed by atoms with E-state index in [1.807, 2.05) is 45.9 Å². The predicted molar refractivity (Wildman–Crippen MR) is 106 cm³/mol. The van der Waals surface area contributed by atoms with Gasteiger partial charge in [0.25, 0.3) is 0 Å². The maximum atomic E-state index is 14.7. The Morgan fingerprint density at radius 3 is 2.36 bits per heavy atom. The van der Waals surface area contributed by atoms with Gasteiger partial charge in [0, 0.05) is 38.3 Å². The lowest BCUT2D eigenvalue weighted by molar-refractivity contribution is 0.0122. The van der Waals surface area contributed by atoms with Crippen molar-refractivity contribution >= 4 is 6.09 Å². The van der Waals surface area contributed by atoms with E-state index in [0.29, 0.717) is 25.9 Å². The number of piperidine rings is 1. The predicted octanol–water partition coefficient (Wildman–Crippen LogP) is 4.97.